The lowest BCUT2D eigenvalue weighted by Gasteiger charge is -2.19. The molecule has 1 N–H and O–H groups in total. The standard InChI is InChI=1S/C22H25ClO4/c1-14-13-19(27-11-5-10-22(3,4)21(25)26)15(2)12-18(14)20(24)16-6-8-17(23)9-7-16/h6-9,12-13H,5,10-11H2,1-4H3,(H,25,26). The Labute approximate surface area is 165 Å². The molecule has 0 unspecified atom stereocenters. The number of carbonyl (C=O) groups excluding carboxylic acids is 1. The van der Waals surface area contributed by atoms with Crippen molar-refractivity contribution < 1.29 is 19.4 Å². The number of carboxylic acid groups (broad SMARTS) is 1. The SMILES string of the molecule is Cc1cc(C(=O)c2ccc(Cl)cc2)c(C)cc1OCCCC(C)(C)C(=O)O. The van der Waals surface area contributed by atoms with Crippen molar-refractivity contribution in [3.63, 3.8) is 0 Å². The lowest BCUT2D eigenvalue weighted by atomic mass is 9.88. The third kappa shape index (κ3) is 5.33. The van der Waals surface area contributed by atoms with Crippen molar-refractivity contribution in [3.05, 3.63) is 63.7 Å². The van der Waals surface area contributed by atoms with Crippen LogP contribution >= 0.6 is 11.6 Å². The monoisotopic (exact) mass is 388 g/mol. The Hall–Kier alpha value is -2.33. The van der Waals surface area contributed by atoms with Crippen molar-refractivity contribution in [2.24, 2.45) is 5.41 Å². The molecule has 0 saturated carbocycles. The molecule has 0 saturated heterocycles. The molecule has 2 aromatic carbocycles. The van der Waals surface area contributed by atoms with Crippen molar-refractivity contribution in [1.82, 2.24) is 0 Å². The van der Waals surface area contributed by atoms with Crippen LogP contribution in [0.1, 0.15) is 53.7 Å². The topological polar surface area (TPSA) is 63.6 Å². The van der Waals surface area contributed by atoms with Crippen LogP contribution in [0.25, 0.3) is 0 Å². The van der Waals surface area contributed by atoms with Gasteiger partial charge in [0.1, 0.15) is 5.75 Å². The van der Waals surface area contributed by atoms with Gasteiger partial charge < -0.3 is 9.84 Å². The first-order chi connectivity index (χ1) is 12.6. The van der Waals surface area contributed by atoms with Crippen molar-refractivity contribution in [2.75, 3.05) is 6.61 Å². The summed E-state index contributed by atoms with van der Waals surface area (Å²) in [6.07, 6.45) is 1.18. The van der Waals surface area contributed by atoms with Gasteiger partial charge in [0.05, 0.1) is 12.0 Å². The average molecular weight is 389 g/mol. The molecule has 0 aromatic heterocycles. The summed E-state index contributed by atoms with van der Waals surface area (Å²) in [6.45, 7) is 7.63. The van der Waals surface area contributed by atoms with Gasteiger partial charge in [-0.3, -0.25) is 9.59 Å². The van der Waals surface area contributed by atoms with Gasteiger partial charge in [0.25, 0.3) is 0 Å². The Morgan fingerprint density at radius 2 is 1.70 bits per heavy atom. The highest BCUT2D eigenvalue weighted by molar-refractivity contribution is 6.30. The molecule has 0 heterocycles. The second-order valence-corrected chi connectivity index (χ2v) is 7.85. The number of carboxylic acids is 1. The maximum atomic E-state index is 12.7. The van der Waals surface area contributed by atoms with Gasteiger partial charge in [0, 0.05) is 16.1 Å². The molecule has 4 nitrogen and oxygen atoms in total. The molecule has 2 aromatic rings. The molecule has 0 amide bonds. The summed E-state index contributed by atoms with van der Waals surface area (Å²) in [5.41, 5.74) is 2.17. The number of halogens is 1. The summed E-state index contributed by atoms with van der Waals surface area (Å²) in [5.74, 6) is -0.144. The molecule has 0 aliphatic carbocycles. The molecule has 0 aliphatic rings. The van der Waals surface area contributed by atoms with Gasteiger partial charge in [-0.25, -0.2) is 0 Å². The highest BCUT2D eigenvalue weighted by atomic mass is 35.5. The molecular weight excluding hydrogens is 364 g/mol. The molecule has 0 fully saturated rings. The number of ketones is 1. The lowest BCUT2D eigenvalue weighted by molar-refractivity contribution is -0.147. The summed E-state index contributed by atoms with van der Waals surface area (Å²) in [7, 11) is 0. The first-order valence-electron chi connectivity index (χ1n) is 8.89. The quantitative estimate of drug-likeness (QED) is 0.482. The number of aryl methyl sites for hydroxylation is 2. The Balaban J connectivity index is 2.07. The number of ether oxygens (including phenoxy) is 1. The number of aliphatic carboxylic acids is 1. The highest BCUT2D eigenvalue weighted by Gasteiger charge is 2.26. The molecule has 5 heteroatoms. The number of hydrogen-bond donors (Lipinski definition) is 1. The fourth-order valence-corrected chi connectivity index (χ4v) is 2.88. The van der Waals surface area contributed by atoms with Crippen LogP contribution in [0.15, 0.2) is 36.4 Å². The normalized spacial score (nSPS) is 11.3. The predicted molar refractivity (Wildman–Crippen MR) is 107 cm³/mol. The van der Waals surface area contributed by atoms with E-state index in [2.05, 4.69) is 0 Å². The summed E-state index contributed by atoms with van der Waals surface area (Å²) >= 11 is 5.89. The number of rotatable bonds is 8. The molecule has 2 rings (SSSR count). The van der Waals surface area contributed by atoms with E-state index in [1.54, 1.807) is 38.1 Å². The van der Waals surface area contributed by atoms with E-state index in [1.165, 1.54) is 0 Å². The van der Waals surface area contributed by atoms with E-state index >= 15 is 0 Å². The maximum absolute atomic E-state index is 12.7. The van der Waals surface area contributed by atoms with Crippen LogP contribution in [-0.4, -0.2) is 23.5 Å². The average Bonchev–Trinajstić information content (AvgIpc) is 2.61. The van der Waals surface area contributed by atoms with Gasteiger partial charge in [-0.05, 0) is 88.1 Å². The number of benzene rings is 2. The Bertz CT molecular complexity index is 838. The van der Waals surface area contributed by atoms with Crippen molar-refractivity contribution in [2.45, 2.75) is 40.5 Å². The first kappa shape index (κ1) is 21.0. The molecule has 0 spiro atoms. The zero-order valence-electron chi connectivity index (χ0n) is 16.1. The summed E-state index contributed by atoms with van der Waals surface area (Å²) in [4.78, 5) is 23.9. The van der Waals surface area contributed by atoms with E-state index in [-0.39, 0.29) is 5.78 Å². The van der Waals surface area contributed by atoms with Crippen LogP contribution in [0.5, 0.6) is 5.75 Å². The van der Waals surface area contributed by atoms with Gasteiger partial charge in [-0.15, -0.1) is 0 Å². The second-order valence-electron chi connectivity index (χ2n) is 7.41. The molecule has 0 atom stereocenters. The minimum atomic E-state index is -0.806. The van der Waals surface area contributed by atoms with Gasteiger partial charge in [0.15, 0.2) is 5.78 Å². The fourth-order valence-electron chi connectivity index (χ4n) is 2.75. The van der Waals surface area contributed by atoms with Crippen LogP contribution in [-0.2, 0) is 4.79 Å². The van der Waals surface area contributed by atoms with Gasteiger partial charge in [0.2, 0.25) is 0 Å². The number of carbonyl (C=O) groups is 2. The summed E-state index contributed by atoms with van der Waals surface area (Å²) in [5, 5.41) is 9.74. The molecule has 27 heavy (non-hydrogen) atoms. The molecule has 144 valence electrons. The molecule has 0 radical (unpaired) electrons. The van der Waals surface area contributed by atoms with Gasteiger partial charge in [-0.1, -0.05) is 11.6 Å². The van der Waals surface area contributed by atoms with Crippen molar-refractivity contribution in [3.8, 4) is 5.75 Å². The Morgan fingerprint density at radius 3 is 2.30 bits per heavy atom. The Kier molecular flexibility index (Phi) is 6.66. The predicted octanol–water partition coefficient (Wildman–Crippen LogP) is 5.46. The Morgan fingerprint density at radius 1 is 1.07 bits per heavy atom. The van der Waals surface area contributed by atoms with E-state index in [4.69, 9.17) is 21.4 Å². The first-order valence-corrected chi connectivity index (χ1v) is 9.27. The second kappa shape index (κ2) is 8.57. The molecule has 0 bridgehead atoms. The van der Waals surface area contributed by atoms with Crippen LogP contribution in [0.3, 0.4) is 0 Å². The van der Waals surface area contributed by atoms with Gasteiger partial charge in [-0.2, -0.15) is 0 Å². The van der Waals surface area contributed by atoms with Crippen molar-refractivity contribution in [1.29, 1.82) is 0 Å². The minimum Gasteiger partial charge on any atom is -0.493 e. The minimum absolute atomic E-state index is 0.0537. The molecule has 0 aliphatic heterocycles. The van der Waals surface area contributed by atoms with E-state index in [0.717, 1.165) is 11.1 Å². The van der Waals surface area contributed by atoms with Crippen LogP contribution in [0.2, 0.25) is 5.02 Å². The maximum Gasteiger partial charge on any atom is 0.309 e. The van der Waals surface area contributed by atoms with Gasteiger partial charge >= 0.3 is 5.97 Å². The third-order valence-electron chi connectivity index (χ3n) is 4.66. The van der Waals surface area contributed by atoms with Crippen LogP contribution in [0.4, 0.5) is 0 Å². The largest absolute Gasteiger partial charge is 0.493 e. The van der Waals surface area contributed by atoms with Crippen LogP contribution in [0, 0.1) is 19.3 Å². The van der Waals surface area contributed by atoms with Crippen LogP contribution < -0.4 is 4.74 Å². The molecular formula is C22H25ClO4. The zero-order chi connectivity index (χ0) is 20.2. The third-order valence-corrected chi connectivity index (χ3v) is 4.91. The van der Waals surface area contributed by atoms with Crippen molar-refractivity contribution >= 4 is 23.4 Å². The van der Waals surface area contributed by atoms with E-state index < -0.39 is 11.4 Å². The fraction of sp³-hybridized carbons (Fsp3) is 0.364. The summed E-state index contributed by atoms with van der Waals surface area (Å²) in [6, 6.07) is 10.5. The lowest BCUT2D eigenvalue weighted by Crippen LogP contribution is -2.24. The highest BCUT2D eigenvalue weighted by Crippen LogP contribution is 2.27. The van der Waals surface area contributed by atoms with E-state index in [1.807, 2.05) is 26.0 Å². The number of hydrogen-bond acceptors (Lipinski definition) is 3. The smallest absolute Gasteiger partial charge is 0.309 e. The summed E-state index contributed by atoms with van der Waals surface area (Å²) < 4.78 is 5.83. The van der Waals surface area contributed by atoms with E-state index in [0.29, 0.717) is 41.3 Å². The zero-order valence-corrected chi connectivity index (χ0v) is 16.9. The van der Waals surface area contributed by atoms with E-state index in [9.17, 15) is 9.59 Å².